The quantitative estimate of drug-likeness (QED) is 0.0218. The van der Waals surface area contributed by atoms with E-state index in [9.17, 15) is 0 Å². The highest BCUT2D eigenvalue weighted by Crippen LogP contribution is 2.50. The van der Waals surface area contributed by atoms with Crippen LogP contribution >= 0.6 is 0 Å². The molecule has 0 aliphatic carbocycles. The monoisotopic (exact) mass is 1120 g/mol. The zero-order chi connectivity index (χ0) is 58.2. The van der Waals surface area contributed by atoms with Crippen LogP contribution in [0.4, 0.5) is 5.69 Å². The van der Waals surface area contributed by atoms with Crippen LogP contribution in [0.15, 0.2) is 149 Å². The topological polar surface area (TPSA) is 130 Å². The zero-order valence-corrected chi connectivity index (χ0v) is 49.3. The lowest BCUT2D eigenvalue weighted by atomic mass is 9.81. The number of unbranched alkanes of at least 4 members (excludes halogenated alkanes) is 12. The number of para-hydroxylation sites is 1. The summed E-state index contributed by atoms with van der Waals surface area (Å²) in [5.74, 6) is 0. The van der Waals surface area contributed by atoms with Gasteiger partial charge in [-0.2, -0.15) is 0 Å². The Labute approximate surface area is 488 Å². The van der Waals surface area contributed by atoms with Crippen LogP contribution in [0.3, 0.4) is 0 Å². The highest BCUT2D eigenvalue weighted by Gasteiger charge is 2.32. The summed E-state index contributed by atoms with van der Waals surface area (Å²) in [7, 11) is 0. The Bertz CT molecular complexity index is 4460. The fourth-order valence-electron chi connectivity index (χ4n) is 14.2. The highest BCUT2D eigenvalue weighted by molar-refractivity contribution is 6.48. The van der Waals surface area contributed by atoms with Crippen LogP contribution in [0.1, 0.15) is 179 Å². The van der Waals surface area contributed by atoms with Crippen molar-refractivity contribution >= 4 is 98.1 Å². The number of fused-ring (bicyclic) bond motifs is 4. The summed E-state index contributed by atoms with van der Waals surface area (Å²) in [6, 6.07) is 36.4. The van der Waals surface area contributed by atoms with Crippen LogP contribution in [0.25, 0.3) is 97.3 Å². The lowest BCUT2D eigenvalue weighted by Crippen LogP contribution is -2.37. The highest BCUT2D eigenvalue weighted by atomic mass is 16.2. The molecule has 9 aromatic carbocycles. The van der Waals surface area contributed by atoms with Crippen LogP contribution in [0, 0.1) is 0 Å². The van der Waals surface area contributed by atoms with Gasteiger partial charge >= 0.3 is 0 Å². The second kappa shape index (κ2) is 24.2. The Morgan fingerprint density at radius 3 is 1.15 bits per heavy atom. The van der Waals surface area contributed by atoms with Crippen molar-refractivity contribution in [2.75, 3.05) is 0 Å². The number of aliphatic imine (C=N–C) groups is 1. The molecule has 0 amide bonds. The second-order valence-corrected chi connectivity index (χ2v) is 24.0. The molecule has 0 spiro atoms. The minimum absolute atomic E-state index is 0.0198. The van der Waals surface area contributed by atoms with Gasteiger partial charge in [0.25, 0.3) is 33.4 Å². The predicted octanol–water partition coefficient (Wildman–Crippen LogP) is 17.1. The SMILES string of the molecule is CCCCCCC(CCCCCC)n1c(=O)c2ccc3c4ccc5c(=O)n(C(CCCCCC)CCCCCC)c(=O)c6cc7c8c(=O)n(Cc9ccc(-c%10ccc(C=Nc%11ccccc%11)cc%10)cc9)c(=O)c8c8cc(c1=O)c2c3c8c7c4c56. The molecule has 10 heteroatoms. The molecule has 12 aromatic rings. The molecule has 84 heavy (non-hydrogen) atoms. The van der Waals surface area contributed by atoms with Gasteiger partial charge in [0.2, 0.25) is 0 Å². The molecular weight excluding hydrogens is 1040 g/mol. The Balaban J connectivity index is 1.09. The van der Waals surface area contributed by atoms with E-state index in [4.69, 9.17) is 0 Å². The van der Waals surface area contributed by atoms with Gasteiger partial charge in [0.1, 0.15) is 0 Å². The van der Waals surface area contributed by atoms with Crippen molar-refractivity contribution in [2.45, 2.75) is 175 Å². The maximum absolute atomic E-state index is 15.7. The Morgan fingerprint density at radius 1 is 0.357 bits per heavy atom. The van der Waals surface area contributed by atoms with E-state index in [1.807, 2.05) is 109 Å². The first-order valence-electron chi connectivity index (χ1n) is 31.5. The summed E-state index contributed by atoms with van der Waals surface area (Å²) in [5, 5.41) is 8.06. The van der Waals surface area contributed by atoms with E-state index >= 15 is 28.8 Å². The number of aromatic nitrogens is 3. The number of pyridine rings is 2. The van der Waals surface area contributed by atoms with Gasteiger partial charge in [0.15, 0.2) is 0 Å². The number of hydrogen-bond donors (Lipinski definition) is 0. The van der Waals surface area contributed by atoms with Crippen molar-refractivity contribution in [3.63, 3.8) is 0 Å². The lowest BCUT2D eigenvalue weighted by Gasteiger charge is -2.24. The molecule has 0 N–H and O–H groups in total. The summed E-state index contributed by atoms with van der Waals surface area (Å²) in [4.78, 5) is 97.6. The molecule has 3 heterocycles. The van der Waals surface area contributed by atoms with Gasteiger partial charge in [-0.25, -0.2) is 0 Å². The maximum Gasteiger partial charge on any atom is 0.262 e. The molecule has 428 valence electrons. The Hall–Kier alpha value is -8.11. The summed E-state index contributed by atoms with van der Waals surface area (Å²) in [6.45, 7) is 8.69. The summed E-state index contributed by atoms with van der Waals surface area (Å²) in [5.41, 5.74) is 2.19. The summed E-state index contributed by atoms with van der Waals surface area (Å²) >= 11 is 0. The summed E-state index contributed by atoms with van der Waals surface area (Å²) in [6.07, 6.45) is 20.9. The van der Waals surface area contributed by atoms with E-state index in [-0.39, 0.29) is 51.6 Å². The van der Waals surface area contributed by atoms with Gasteiger partial charge in [-0.3, -0.25) is 47.5 Å². The average Bonchev–Trinajstić information content (AvgIpc) is 1.04. The van der Waals surface area contributed by atoms with Crippen LogP contribution in [-0.4, -0.2) is 19.9 Å². The van der Waals surface area contributed by atoms with E-state index in [0.717, 1.165) is 141 Å². The van der Waals surface area contributed by atoms with Crippen LogP contribution in [0.5, 0.6) is 0 Å². The number of nitrogens with zero attached hydrogens (tertiary/aromatic N) is 4. The third-order valence-electron chi connectivity index (χ3n) is 18.6. The zero-order valence-electron chi connectivity index (χ0n) is 49.3. The fourth-order valence-corrected chi connectivity index (χ4v) is 14.2. The van der Waals surface area contributed by atoms with E-state index in [1.54, 1.807) is 12.1 Å². The third kappa shape index (κ3) is 9.92. The first-order chi connectivity index (χ1) is 41.1. The molecule has 0 atom stereocenters. The molecule has 0 saturated heterocycles. The minimum atomic E-state index is -0.491. The third-order valence-corrected chi connectivity index (χ3v) is 18.6. The molecule has 10 nitrogen and oxygen atoms in total. The lowest BCUT2D eigenvalue weighted by molar-refractivity contribution is 0.384. The maximum atomic E-state index is 15.7. The first-order valence-corrected chi connectivity index (χ1v) is 31.5. The van der Waals surface area contributed by atoms with Crippen molar-refractivity contribution < 1.29 is 0 Å². The molecule has 0 unspecified atom stereocenters. The number of hydrogen-bond acceptors (Lipinski definition) is 7. The molecule has 0 aliphatic rings. The van der Waals surface area contributed by atoms with Crippen LogP contribution in [-0.2, 0) is 6.54 Å². The Morgan fingerprint density at radius 2 is 0.738 bits per heavy atom. The van der Waals surface area contributed by atoms with E-state index in [1.165, 1.54) is 13.7 Å². The van der Waals surface area contributed by atoms with Gasteiger partial charge in [-0.1, -0.05) is 209 Å². The van der Waals surface area contributed by atoms with Crippen LogP contribution < -0.4 is 33.4 Å². The minimum Gasteiger partial charge on any atom is -0.271 e. The number of benzene rings is 9. The van der Waals surface area contributed by atoms with Gasteiger partial charge in [0.05, 0.1) is 23.0 Å². The average molecular weight is 1120 g/mol. The number of rotatable bonds is 27. The normalized spacial score (nSPS) is 12.5. The van der Waals surface area contributed by atoms with Gasteiger partial charge < -0.3 is 0 Å². The van der Waals surface area contributed by atoms with Crippen molar-refractivity contribution in [1.82, 2.24) is 13.7 Å². The van der Waals surface area contributed by atoms with Gasteiger partial charge in [0, 0.05) is 50.6 Å². The Kier molecular flexibility index (Phi) is 16.3. The van der Waals surface area contributed by atoms with E-state index in [2.05, 4.69) is 32.7 Å². The molecule has 12 rings (SSSR count). The van der Waals surface area contributed by atoms with Crippen molar-refractivity contribution in [3.8, 4) is 11.1 Å². The van der Waals surface area contributed by atoms with Crippen molar-refractivity contribution in [1.29, 1.82) is 0 Å². The second-order valence-electron chi connectivity index (χ2n) is 24.0. The smallest absolute Gasteiger partial charge is 0.262 e. The van der Waals surface area contributed by atoms with Crippen molar-refractivity contribution in [2.24, 2.45) is 4.99 Å². The van der Waals surface area contributed by atoms with E-state index < -0.39 is 11.1 Å². The van der Waals surface area contributed by atoms with Crippen LogP contribution in [0.2, 0.25) is 0 Å². The first kappa shape index (κ1) is 56.4. The summed E-state index contributed by atoms with van der Waals surface area (Å²) < 4.78 is 4.34. The molecular formula is C74H76N4O6. The molecule has 0 bridgehead atoms. The molecule has 0 aliphatic heterocycles. The standard InChI is InChI=1S/C74H76N4O6/c1-5-9-13-20-26-51(27-21-14-10-6-2)77-69(79)55-40-38-53-54-39-41-56-62-60(72(82)78(70(56)80)52(28-22-15-11-7-3)29-23-16-12-8-4)43-58-66(64(54)62)65-57(42-59(71(77)81)61(55)63(53)65)67-68(58)74(84)76(73(67)83)45-47-32-36-49(37-33-47)48-34-30-46(31-35-48)44-75-50-24-18-17-19-25-50/h17-19,24-25,30-44,51-52H,5-16,20-23,26-29,45H2,1-4H3. The molecule has 0 fully saturated rings. The van der Waals surface area contributed by atoms with Gasteiger partial charge in [-0.15, -0.1) is 0 Å². The van der Waals surface area contributed by atoms with Crippen molar-refractivity contribution in [3.05, 3.63) is 189 Å². The largest absolute Gasteiger partial charge is 0.271 e. The fraction of sp³-hybridized carbons (Fsp3) is 0.365. The molecule has 0 radical (unpaired) electrons. The predicted molar refractivity (Wildman–Crippen MR) is 352 cm³/mol. The van der Waals surface area contributed by atoms with E-state index in [0.29, 0.717) is 90.3 Å². The molecule has 3 aromatic heterocycles. The van der Waals surface area contributed by atoms with Gasteiger partial charge in [-0.05, 0) is 127 Å². The molecule has 0 saturated carbocycles.